The molecule has 0 spiro atoms. The minimum absolute atomic E-state index is 0.210. The number of carbonyl (C=O) groups is 1. The van der Waals surface area contributed by atoms with Gasteiger partial charge in [0.05, 0.1) is 0 Å². The number of fused-ring (bicyclic) bond motifs is 1. The van der Waals surface area contributed by atoms with Crippen LogP contribution in [0.4, 0.5) is 0 Å². The molecule has 24 heavy (non-hydrogen) atoms. The molecule has 0 N–H and O–H groups in total. The van der Waals surface area contributed by atoms with Gasteiger partial charge in [0.2, 0.25) is 0 Å². The number of benzene rings is 2. The van der Waals surface area contributed by atoms with Crippen LogP contribution in [-0.2, 0) is 10.2 Å². The van der Waals surface area contributed by atoms with Crippen molar-refractivity contribution < 1.29 is 9.53 Å². The van der Waals surface area contributed by atoms with Crippen molar-refractivity contribution in [3.63, 3.8) is 0 Å². The van der Waals surface area contributed by atoms with Crippen LogP contribution in [0.15, 0.2) is 48.5 Å². The number of halogens is 1. The smallest absolute Gasteiger partial charge is 0.326 e. The van der Waals surface area contributed by atoms with Gasteiger partial charge in [-0.1, -0.05) is 55.8 Å². The van der Waals surface area contributed by atoms with Crippen molar-refractivity contribution in [3.8, 4) is 5.75 Å². The Hall–Kier alpha value is -1.84. The molecule has 1 aliphatic heterocycles. The second kappa shape index (κ2) is 6.96. The average Bonchev–Trinajstić information content (AvgIpc) is 2.89. The average molecular weight is 344 g/mol. The molecule has 0 saturated carbocycles. The standard InChI is InChI=1S/C20H22ClNO2/c1-3-22(4-2)13-12-20(15-8-6-5-7-9-15)17-14-16(21)10-11-18(17)24-19(20)23/h5-11,14H,3-4,12-13H2,1-2H3. The molecule has 3 nitrogen and oxygen atoms in total. The highest BCUT2D eigenvalue weighted by atomic mass is 35.5. The third kappa shape index (κ3) is 2.83. The highest BCUT2D eigenvalue weighted by Crippen LogP contribution is 2.47. The van der Waals surface area contributed by atoms with Gasteiger partial charge >= 0.3 is 5.97 Å². The fourth-order valence-corrected chi connectivity index (χ4v) is 3.64. The van der Waals surface area contributed by atoms with E-state index in [-0.39, 0.29) is 5.97 Å². The van der Waals surface area contributed by atoms with Crippen LogP contribution in [0.25, 0.3) is 0 Å². The van der Waals surface area contributed by atoms with Gasteiger partial charge in [-0.05, 0) is 49.8 Å². The van der Waals surface area contributed by atoms with E-state index in [2.05, 4.69) is 18.7 Å². The lowest BCUT2D eigenvalue weighted by atomic mass is 9.73. The minimum Gasteiger partial charge on any atom is -0.425 e. The van der Waals surface area contributed by atoms with Crippen LogP contribution in [0.1, 0.15) is 31.4 Å². The van der Waals surface area contributed by atoms with E-state index in [9.17, 15) is 4.79 Å². The van der Waals surface area contributed by atoms with Gasteiger partial charge in [-0.3, -0.25) is 4.79 Å². The Morgan fingerprint density at radius 3 is 2.46 bits per heavy atom. The lowest BCUT2D eigenvalue weighted by molar-refractivity contribution is -0.137. The first-order chi connectivity index (χ1) is 11.6. The van der Waals surface area contributed by atoms with Crippen LogP contribution in [-0.4, -0.2) is 30.5 Å². The molecule has 126 valence electrons. The third-order valence-electron chi connectivity index (χ3n) is 4.92. The zero-order chi connectivity index (χ0) is 17.2. The third-order valence-corrected chi connectivity index (χ3v) is 5.15. The summed E-state index contributed by atoms with van der Waals surface area (Å²) in [5.74, 6) is 0.408. The molecule has 1 unspecified atom stereocenters. The topological polar surface area (TPSA) is 29.5 Å². The summed E-state index contributed by atoms with van der Waals surface area (Å²) in [4.78, 5) is 15.3. The molecule has 2 aromatic rings. The normalized spacial score (nSPS) is 19.4. The molecular formula is C20H22ClNO2. The van der Waals surface area contributed by atoms with Gasteiger partial charge in [-0.25, -0.2) is 0 Å². The number of rotatable bonds is 6. The lowest BCUT2D eigenvalue weighted by Gasteiger charge is -2.29. The van der Waals surface area contributed by atoms with Crippen molar-refractivity contribution in [2.45, 2.75) is 25.7 Å². The first-order valence-electron chi connectivity index (χ1n) is 8.42. The van der Waals surface area contributed by atoms with Crippen molar-refractivity contribution in [1.82, 2.24) is 4.90 Å². The van der Waals surface area contributed by atoms with E-state index in [4.69, 9.17) is 16.3 Å². The molecule has 2 aromatic carbocycles. The molecule has 0 aromatic heterocycles. The number of hydrogen-bond acceptors (Lipinski definition) is 3. The predicted molar refractivity (Wildman–Crippen MR) is 96.7 cm³/mol. The Kier molecular flexibility index (Phi) is 4.93. The summed E-state index contributed by atoms with van der Waals surface area (Å²) < 4.78 is 5.62. The monoisotopic (exact) mass is 343 g/mol. The van der Waals surface area contributed by atoms with Crippen LogP contribution >= 0.6 is 11.6 Å². The van der Waals surface area contributed by atoms with Gasteiger partial charge < -0.3 is 9.64 Å². The maximum atomic E-state index is 13.0. The van der Waals surface area contributed by atoms with Gasteiger partial charge in [0.1, 0.15) is 11.2 Å². The van der Waals surface area contributed by atoms with Crippen molar-refractivity contribution in [1.29, 1.82) is 0 Å². The molecule has 0 aliphatic carbocycles. The maximum absolute atomic E-state index is 13.0. The summed E-state index contributed by atoms with van der Waals surface area (Å²) in [5.41, 5.74) is 1.05. The molecule has 1 heterocycles. The van der Waals surface area contributed by atoms with Crippen LogP contribution in [0.5, 0.6) is 5.75 Å². The SMILES string of the molecule is CCN(CC)CCC1(c2ccccc2)C(=O)Oc2ccc(Cl)cc21. The van der Waals surface area contributed by atoms with E-state index >= 15 is 0 Å². The van der Waals surface area contributed by atoms with E-state index in [1.807, 2.05) is 36.4 Å². The van der Waals surface area contributed by atoms with Gasteiger partial charge in [0, 0.05) is 10.6 Å². The summed E-state index contributed by atoms with van der Waals surface area (Å²) >= 11 is 6.23. The Bertz CT molecular complexity index is 728. The van der Waals surface area contributed by atoms with Gasteiger partial charge in [0.25, 0.3) is 0 Å². The van der Waals surface area contributed by atoms with Gasteiger partial charge in [-0.2, -0.15) is 0 Å². The van der Waals surface area contributed by atoms with Crippen molar-refractivity contribution in [2.75, 3.05) is 19.6 Å². The van der Waals surface area contributed by atoms with Crippen molar-refractivity contribution in [2.24, 2.45) is 0 Å². The second-order valence-electron chi connectivity index (χ2n) is 6.08. The van der Waals surface area contributed by atoms with E-state index < -0.39 is 5.41 Å². The molecule has 0 bridgehead atoms. The summed E-state index contributed by atoms with van der Waals surface area (Å²) in [6.07, 6.45) is 0.671. The first kappa shape index (κ1) is 17.0. The van der Waals surface area contributed by atoms with Crippen LogP contribution < -0.4 is 4.74 Å². The fraction of sp³-hybridized carbons (Fsp3) is 0.350. The molecule has 1 atom stereocenters. The highest BCUT2D eigenvalue weighted by Gasteiger charge is 2.50. The molecule has 4 heteroatoms. The Labute approximate surface area is 148 Å². The summed E-state index contributed by atoms with van der Waals surface area (Å²) in [5, 5.41) is 0.621. The molecule has 0 radical (unpaired) electrons. The Morgan fingerprint density at radius 1 is 1.08 bits per heavy atom. The molecule has 0 amide bonds. The fourth-order valence-electron chi connectivity index (χ4n) is 3.46. The van der Waals surface area contributed by atoms with E-state index in [0.29, 0.717) is 17.2 Å². The number of ether oxygens (including phenoxy) is 1. The van der Waals surface area contributed by atoms with Gasteiger partial charge in [-0.15, -0.1) is 0 Å². The summed E-state index contributed by atoms with van der Waals surface area (Å²) in [7, 11) is 0. The molecule has 3 rings (SSSR count). The zero-order valence-corrected chi connectivity index (χ0v) is 14.8. The van der Waals surface area contributed by atoms with E-state index in [1.165, 1.54) is 0 Å². The largest absolute Gasteiger partial charge is 0.425 e. The van der Waals surface area contributed by atoms with E-state index in [0.717, 1.165) is 30.8 Å². The quantitative estimate of drug-likeness (QED) is 0.579. The molecular weight excluding hydrogens is 322 g/mol. The number of carbonyl (C=O) groups excluding carboxylic acids is 1. The maximum Gasteiger partial charge on any atom is 0.326 e. The zero-order valence-electron chi connectivity index (χ0n) is 14.1. The predicted octanol–water partition coefficient (Wildman–Crippen LogP) is 4.28. The van der Waals surface area contributed by atoms with Crippen molar-refractivity contribution in [3.05, 3.63) is 64.7 Å². The van der Waals surface area contributed by atoms with Gasteiger partial charge in [0.15, 0.2) is 0 Å². The number of hydrogen-bond donors (Lipinski definition) is 0. The Balaban J connectivity index is 2.10. The summed E-state index contributed by atoms with van der Waals surface area (Å²) in [6.45, 7) is 7.01. The minimum atomic E-state index is -0.788. The lowest BCUT2D eigenvalue weighted by Crippen LogP contribution is -2.39. The van der Waals surface area contributed by atoms with E-state index in [1.54, 1.807) is 12.1 Å². The molecule has 0 fully saturated rings. The van der Waals surface area contributed by atoms with Crippen LogP contribution in [0.2, 0.25) is 5.02 Å². The summed E-state index contributed by atoms with van der Waals surface area (Å²) in [6, 6.07) is 15.3. The Morgan fingerprint density at radius 2 is 1.79 bits per heavy atom. The molecule has 1 aliphatic rings. The number of esters is 1. The first-order valence-corrected chi connectivity index (χ1v) is 8.79. The molecule has 0 saturated heterocycles. The second-order valence-corrected chi connectivity index (χ2v) is 6.51. The number of nitrogens with zero attached hydrogens (tertiary/aromatic N) is 1. The highest BCUT2D eigenvalue weighted by molar-refractivity contribution is 6.30. The van der Waals surface area contributed by atoms with Crippen LogP contribution in [0.3, 0.4) is 0 Å². The van der Waals surface area contributed by atoms with Crippen molar-refractivity contribution >= 4 is 17.6 Å². The van der Waals surface area contributed by atoms with Crippen LogP contribution in [0, 0.1) is 0 Å².